The van der Waals surface area contributed by atoms with E-state index in [1.807, 2.05) is 34.6 Å². The second-order valence-corrected chi connectivity index (χ2v) is 7.06. The van der Waals surface area contributed by atoms with Gasteiger partial charge in [-0.3, -0.25) is 9.59 Å². The van der Waals surface area contributed by atoms with Gasteiger partial charge >= 0.3 is 0 Å². The van der Waals surface area contributed by atoms with E-state index >= 15 is 0 Å². The van der Waals surface area contributed by atoms with Crippen LogP contribution in [0.4, 0.5) is 4.79 Å². The van der Waals surface area contributed by atoms with Crippen molar-refractivity contribution in [3.63, 3.8) is 0 Å². The molecule has 0 fully saturated rings. The van der Waals surface area contributed by atoms with Crippen LogP contribution < -0.4 is 10.6 Å². The first kappa shape index (κ1) is 21.8. The maximum absolute atomic E-state index is 11.7. The summed E-state index contributed by atoms with van der Waals surface area (Å²) < 4.78 is 5.86. The summed E-state index contributed by atoms with van der Waals surface area (Å²) in [5.41, 5.74) is -0.766. The third kappa shape index (κ3) is 13.0. The van der Waals surface area contributed by atoms with Crippen LogP contribution in [0.1, 0.15) is 60.3 Å². The van der Waals surface area contributed by atoms with E-state index in [0.29, 0.717) is 32.4 Å². The molecule has 0 spiro atoms. The molecule has 5 nitrogen and oxygen atoms in total. The Kier molecular flexibility index (Phi) is 10.0. The number of hydrogen-bond donors (Lipinski definition) is 3. The van der Waals surface area contributed by atoms with Crippen LogP contribution in [0.25, 0.3) is 0 Å². The smallest absolute Gasteiger partial charge is 0.276 e. The molecule has 0 saturated carbocycles. The van der Waals surface area contributed by atoms with Crippen molar-refractivity contribution in [3.05, 3.63) is 0 Å². The summed E-state index contributed by atoms with van der Waals surface area (Å²) in [6, 6.07) is 0. The van der Waals surface area contributed by atoms with Crippen molar-refractivity contribution in [1.82, 2.24) is 10.6 Å². The highest BCUT2D eigenvalue weighted by Crippen LogP contribution is 2.19. The van der Waals surface area contributed by atoms with Crippen LogP contribution in [0.3, 0.4) is 0 Å². The van der Waals surface area contributed by atoms with Gasteiger partial charge in [-0.2, -0.15) is 0 Å². The van der Waals surface area contributed by atoms with Crippen LogP contribution in [0.5, 0.6) is 0 Å². The zero-order chi connectivity index (χ0) is 17.9. The Labute approximate surface area is 145 Å². The minimum Gasteiger partial charge on any atom is -0.375 e. The highest BCUT2D eigenvalue weighted by atomic mass is 32.1. The lowest BCUT2D eigenvalue weighted by Crippen LogP contribution is -2.42. The normalized spacial score (nSPS) is 11.4. The topological polar surface area (TPSA) is 67.4 Å². The Bertz CT molecular complexity index is 450. The molecule has 0 heterocycles. The maximum atomic E-state index is 11.7. The molecular formula is C17H30N2O3S. The van der Waals surface area contributed by atoms with Gasteiger partial charge in [-0.15, -0.1) is 5.92 Å². The minimum absolute atomic E-state index is 0.0188. The summed E-state index contributed by atoms with van der Waals surface area (Å²) in [4.78, 5) is 22.7. The molecular weight excluding hydrogens is 312 g/mol. The van der Waals surface area contributed by atoms with Gasteiger partial charge in [0.05, 0.1) is 12.1 Å². The van der Waals surface area contributed by atoms with E-state index in [4.69, 9.17) is 4.74 Å². The van der Waals surface area contributed by atoms with Crippen LogP contribution in [0.2, 0.25) is 0 Å². The molecule has 0 atom stereocenters. The molecule has 0 aliphatic heterocycles. The fraction of sp³-hybridized carbons (Fsp3) is 0.765. The first-order chi connectivity index (χ1) is 10.6. The van der Waals surface area contributed by atoms with Crippen LogP contribution in [-0.2, 0) is 9.53 Å². The maximum Gasteiger partial charge on any atom is 0.276 e. The molecule has 2 amide bonds. The molecule has 0 aromatic rings. The molecule has 2 N–H and O–H groups in total. The molecule has 23 heavy (non-hydrogen) atoms. The van der Waals surface area contributed by atoms with E-state index in [1.165, 1.54) is 0 Å². The number of hydrogen-bond acceptors (Lipinski definition) is 3. The van der Waals surface area contributed by atoms with Crippen molar-refractivity contribution in [2.45, 2.75) is 71.4 Å². The number of thiol groups is 1. The zero-order valence-corrected chi connectivity index (χ0v) is 15.8. The lowest BCUT2D eigenvalue weighted by Gasteiger charge is -2.29. The molecule has 0 saturated heterocycles. The minimum atomic E-state index is -0.395. The lowest BCUT2D eigenvalue weighted by molar-refractivity contribution is -0.122. The summed E-state index contributed by atoms with van der Waals surface area (Å²) >= 11 is 3.72. The second-order valence-electron chi connectivity index (χ2n) is 6.66. The summed E-state index contributed by atoms with van der Waals surface area (Å²) in [7, 11) is 0. The monoisotopic (exact) mass is 342 g/mol. The van der Waals surface area contributed by atoms with Gasteiger partial charge in [0.15, 0.2) is 0 Å². The molecule has 0 aliphatic rings. The highest BCUT2D eigenvalue weighted by molar-refractivity contribution is 7.96. The standard InChI is InChI=1S/C17H30N2O3S/c1-6-7-8-12-18-14(20)9-10-17(4,5)22-13-11-16(2,3)19-15(21)23/h6,9-13H2,1-5H3,(H,18,20)(H2,19,21,23). The van der Waals surface area contributed by atoms with Crippen LogP contribution in [-0.4, -0.2) is 35.4 Å². The summed E-state index contributed by atoms with van der Waals surface area (Å²) in [5, 5.41) is 5.18. The number of ether oxygens (including phenoxy) is 1. The summed E-state index contributed by atoms with van der Waals surface area (Å²) in [5.74, 6) is 5.76. The Morgan fingerprint density at radius 1 is 1.13 bits per heavy atom. The Balaban J connectivity index is 4.04. The van der Waals surface area contributed by atoms with Crippen molar-refractivity contribution in [3.8, 4) is 11.8 Å². The van der Waals surface area contributed by atoms with E-state index in [0.717, 1.165) is 6.42 Å². The number of amides is 2. The van der Waals surface area contributed by atoms with Crippen LogP contribution in [0.15, 0.2) is 0 Å². The third-order valence-corrected chi connectivity index (χ3v) is 3.41. The van der Waals surface area contributed by atoms with Crippen LogP contribution >= 0.6 is 12.6 Å². The van der Waals surface area contributed by atoms with E-state index in [2.05, 4.69) is 35.1 Å². The summed E-state index contributed by atoms with van der Waals surface area (Å²) in [6.07, 6.45) is 2.49. The molecule has 0 radical (unpaired) electrons. The molecule has 6 heteroatoms. The largest absolute Gasteiger partial charge is 0.375 e. The number of nitrogens with one attached hydrogen (secondary N) is 2. The number of carbonyl (C=O) groups is 2. The van der Waals surface area contributed by atoms with E-state index < -0.39 is 5.60 Å². The molecule has 0 aromatic heterocycles. The first-order valence-corrected chi connectivity index (χ1v) is 8.40. The van der Waals surface area contributed by atoms with Gasteiger partial charge in [0.2, 0.25) is 5.91 Å². The van der Waals surface area contributed by atoms with Crippen molar-refractivity contribution < 1.29 is 14.3 Å². The fourth-order valence-corrected chi connectivity index (χ4v) is 2.14. The van der Waals surface area contributed by atoms with Crippen molar-refractivity contribution in [2.24, 2.45) is 0 Å². The molecule has 0 unspecified atom stereocenters. The Hall–Kier alpha value is -1.19. The molecule has 0 aromatic carbocycles. The van der Waals surface area contributed by atoms with Crippen LogP contribution in [0, 0.1) is 11.8 Å². The van der Waals surface area contributed by atoms with E-state index in [-0.39, 0.29) is 16.7 Å². The number of carbonyl (C=O) groups excluding carboxylic acids is 2. The third-order valence-electron chi connectivity index (χ3n) is 3.30. The molecule has 0 bridgehead atoms. The average Bonchev–Trinajstić information content (AvgIpc) is 2.39. The van der Waals surface area contributed by atoms with E-state index in [9.17, 15) is 9.59 Å². The second kappa shape index (κ2) is 10.6. The van der Waals surface area contributed by atoms with Gasteiger partial charge in [0, 0.05) is 25.0 Å². The van der Waals surface area contributed by atoms with Gasteiger partial charge < -0.3 is 15.4 Å². The van der Waals surface area contributed by atoms with Gasteiger partial charge in [-0.1, -0.05) is 25.5 Å². The lowest BCUT2D eigenvalue weighted by atomic mass is 10.00. The number of rotatable bonds is 9. The highest BCUT2D eigenvalue weighted by Gasteiger charge is 2.23. The quantitative estimate of drug-likeness (QED) is 0.446. The van der Waals surface area contributed by atoms with Crippen molar-refractivity contribution in [1.29, 1.82) is 0 Å². The first-order valence-electron chi connectivity index (χ1n) is 7.95. The molecule has 132 valence electrons. The average molecular weight is 343 g/mol. The van der Waals surface area contributed by atoms with E-state index in [1.54, 1.807) is 0 Å². The Morgan fingerprint density at radius 3 is 2.35 bits per heavy atom. The van der Waals surface area contributed by atoms with Crippen molar-refractivity contribution in [2.75, 3.05) is 13.2 Å². The Morgan fingerprint density at radius 2 is 1.78 bits per heavy atom. The molecule has 0 aliphatic carbocycles. The predicted octanol–water partition coefficient (Wildman–Crippen LogP) is 2.90. The van der Waals surface area contributed by atoms with Gasteiger partial charge in [-0.05, 0) is 40.5 Å². The predicted molar refractivity (Wildman–Crippen MR) is 96.6 cm³/mol. The SMILES string of the molecule is CCC#CCNC(=O)CCC(C)(C)OCCC(C)(C)NC(=O)S. The van der Waals surface area contributed by atoms with Gasteiger partial charge in [0.1, 0.15) is 0 Å². The molecule has 0 rings (SSSR count). The van der Waals surface area contributed by atoms with Gasteiger partial charge in [0.25, 0.3) is 5.24 Å². The van der Waals surface area contributed by atoms with Gasteiger partial charge in [-0.25, -0.2) is 0 Å². The van der Waals surface area contributed by atoms with Crippen molar-refractivity contribution >= 4 is 23.8 Å². The zero-order valence-electron chi connectivity index (χ0n) is 14.9. The summed E-state index contributed by atoms with van der Waals surface area (Å²) in [6.45, 7) is 10.6. The fourth-order valence-electron chi connectivity index (χ4n) is 1.84.